The van der Waals surface area contributed by atoms with Gasteiger partial charge in [-0.15, -0.1) is 0 Å². The molecule has 0 spiro atoms. The van der Waals surface area contributed by atoms with Crippen molar-refractivity contribution in [3.05, 3.63) is 0 Å². The van der Waals surface area contributed by atoms with E-state index >= 15 is 0 Å². The van der Waals surface area contributed by atoms with Crippen LogP contribution in [0.1, 0.15) is 40.5 Å². The Balaban J connectivity index is 2.89. The Kier molecular flexibility index (Phi) is 1.63. The zero-order valence-electron chi connectivity index (χ0n) is 7.81. The third-order valence-electron chi connectivity index (χ3n) is 3.77. The van der Waals surface area contributed by atoms with Crippen LogP contribution in [0.3, 0.4) is 0 Å². The van der Waals surface area contributed by atoms with E-state index in [2.05, 4.69) is 0 Å². The molecule has 2 atom stereocenters. The van der Waals surface area contributed by atoms with Crippen LogP contribution in [-0.2, 0) is 0 Å². The molecule has 0 radical (unpaired) electrons. The fraction of sp³-hybridized carbons (Fsp3) is 1.00. The molecule has 0 heterocycles. The highest BCUT2D eigenvalue weighted by molar-refractivity contribution is 5.15. The van der Waals surface area contributed by atoms with Crippen molar-refractivity contribution in [3.8, 4) is 0 Å². The quantitative estimate of drug-likeness (QED) is 0.604. The summed E-state index contributed by atoms with van der Waals surface area (Å²) in [6.45, 7) is 7.54. The predicted molar refractivity (Wildman–Crippen MR) is 44.3 cm³/mol. The Morgan fingerprint density at radius 3 is 1.55 bits per heavy atom. The first kappa shape index (κ1) is 9.01. The Morgan fingerprint density at radius 1 is 1.09 bits per heavy atom. The van der Waals surface area contributed by atoms with Gasteiger partial charge in [-0.25, -0.2) is 0 Å². The van der Waals surface area contributed by atoms with Crippen LogP contribution >= 0.6 is 0 Å². The Bertz CT molecular complexity index is 156. The van der Waals surface area contributed by atoms with Crippen LogP contribution in [0.25, 0.3) is 0 Å². The van der Waals surface area contributed by atoms with Crippen LogP contribution in [0.15, 0.2) is 0 Å². The number of rotatable bonds is 1. The van der Waals surface area contributed by atoms with Gasteiger partial charge in [0.25, 0.3) is 0 Å². The van der Waals surface area contributed by atoms with Gasteiger partial charge in [0.15, 0.2) is 0 Å². The first-order valence-electron chi connectivity index (χ1n) is 4.21. The van der Waals surface area contributed by atoms with Crippen molar-refractivity contribution in [2.24, 2.45) is 5.41 Å². The van der Waals surface area contributed by atoms with E-state index < -0.39 is 11.2 Å². The molecule has 2 unspecified atom stereocenters. The van der Waals surface area contributed by atoms with Gasteiger partial charge >= 0.3 is 0 Å². The van der Waals surface area contributed by atoms with Crippen molar-refractivity contribution >= 4 is 0 Å². The summed E-state index contributed by atoms with van der Waals surface area (Å²) < 4.78 is 0. The average molecular weight is 158 g/mol. The summed E-state index contributed by atoms with van der Waals surface area (Å²) in [5.41, 5.74) is -1.71. The minimum absolute atomic E-state index is 0.333. The Labute approximate surface area is 68.2 Å². The summed E-state index contributed by atoms with van der Waals surface area (Å²) in [4.78, 5) is 0. The predicted octanol–water partition coefficient (Wildman–Crippen LogP) is 1.31. The van der Waals surface area contributed by atoms with Gasteiger partial charge in [-0.2, -0.15) is 0 Å². The van der Waals surface area contributed by atoms with E-state index in [1.807, 2.05) is 13.8 Å². The van der Waals surface area contributed by atoms with Crippen molar-refractivity contribution in [1.29, 1.82) is 0 Å². The maximum Gasteiger partial charge on any atom is 0.0727 e. The molecule has 0 aromatic carbocycles. The van der Waals surface area contributed by atoms with E-state index in [4.69, 9.17) is 0 Å². The van der Waals surface area contributed by atoms with Gasteiger partial charge in [0.1, 0.15) is 0 Å². The van der Waals surface area contributed by atoms with Crippen molar-refractivity contribution < 1.29 is 10.2 Å². The van der Waals surface area contributed by atoms with Crippen LogP contribution in [0.2, 0.25) is 0 Å². The van der Waals surface area contributed by atoms with Gasteiger partial charge in [0.2, 0.25) is 0 Å². The fourth-order valence-electron chi connectivity index (χ4n) is 2.30. The normalized spacial score (nSPS) is 57.3. The van der Waals surface area contributed by atoms with E-state index in [0.717, 1.165) is 6.42 Å². The summed E-state index contributed by atoms with van der Waals surface area (Å²) >= 11 is 0. The van der Waals surface area contributed by atoms with E-state index in [0.29, 0.717) is 6.42 Å². The standard InChI is InChI=1S/C9H18O2/c1-5-7(2)8(3,10)6-9(7,4)11/h10-11H,5-6H2,1-4H3. The molecule has 1 fully saturated rings. The number of aliphatic hydroxyl groups is 2. The zero-order chi connectivity index (χ0) is 8.91. The second-order valence-corrected chi connectivity index (χ2v) is 4.41. The van der Waals surface area contributed by atoms with Gasteiger partial charge < -0.3 is 10.2 Å². The molecule has 2 N–H and O–H groups in total. The average Bonchev–Trinajstić information content (AvgIpc) is 1.83. The second-order valence-electron chi connectivity index (χ2n) is 4.41. The maximum atomic E-state index is 9.81. The molecule has 66 valence electrons. The molecule has 1 saturated carbocycles. The van der Waals surface area contributed by atoms with Gasteiger partial charge in [-0.05, 0) is 20.3 Å². The molecule has 2 heteroatoms. The number of hydrogen-bond donors (Lipinski definition) is 2. The maximum absolute atomic E-state index is 9.81. The van der Waals surface area contributed by atoms with Gasteiger partial charge in [0.05, 0.1) is 11.2 Å². The van der Waals surface area contributed by atoms with Gasteiger partial charge in [-0.1, -0.05) is 13.8 Å². The van der Waals surface area contributed by atoms with Crippen molar-refractivity contribution in [3.63, 3.8) is 0 Å². The highest BCUT2D eigenvalue weighted by Crippen LogP contribution is 2.58. The lowest BCUT2D eigenvalue weighted by molar-refractivity contribution is -0.279. The molecule has 0 saturated heterocycles. The summed E-state index contributed by atoms with van der Waals surface area (Å²) in [7, 11) is 0. The van der Waals surface area contributed by atoms with E-state index in [-0.39, 0.29) is 5.41 Å². The third kappa shape index (κ3) is 0.859. The SMILES string of the molecule is CCC1(C)C(C)(O)CC1(C)O. The van der Waals surface area contributed by atoms with E-state index in [1.54, 1.807) is 13.8 Å². The minimum atomic E-state index is -0.689. The Hall–Kier alpha value is -0.0800. The van der Waals surface area contributed by atoms with Crippen LogP contribution in [0, 0.1) is 5.41 Å². The monoisotopic (exact) mass is 158 g/mol. The molecular formula is C9H18O2. The highest BCUT2D eigenvalue weighted by atomic mass is 16.3. The van der Waals surface area contributed by atoms with E-state index in [9.17, 15) is 10.2 Å². The molecular weight excluding hydrogens is 140 g/mol. The number of hydrogen-bond acceptors (Lipinski definition) is 2. The van der Waals surface area contributed by atoms with Crippen LogP contribution in [-0.4, -0.2) is 21.4 Å². The fourth-order valence-corrected chi connectivity index (χ4v) is 2.30. The first-order chi connectivity index (χ1) is 4.77. The summed E-state index contributed by atoms with van der Waals surface area (Å²) in [5, 5.41) is 19.6. The van der Waals surface area contributed by atoms with Crippen molar-refractivity contribution in [2.75, 3.05) is 0 Å². The lowest BCUT2D eigenvalue weighted by Crippen LogP contribution is -2.70. The molecule has 0 aromatic heterocycles. The van der Waals surface area contributed by atoms with Crippen LogP contribution < -0.4 is 0 Å². The highest BCUT2D eigenvalue weighted by Gasteiger charge is 2.64. The van der Waals surface area contributed by atoms with Crippen LogP contribution in [0.5, 0.6) is 0 Å². The molecule has 0 aliphatic heterocycles. The van der Waals surface area contributed by atoms with Crippen molar-refractivity contribution in [2.45, 2.75) is 51.7 Å². The smallest absolute Gasteiger partial charge is 0.0727 e. The lowest BCUT2D eigenvalue weighted by atomic mass is 9.48. The Morgan fingerprint density at radius 2 is 1.45 bits per heavy atom. The second kappa shape index (κ2) is 1.99. The topological polar surface area (TPSA) is 40.5 Å². The molecule has 1 rings (SSSR count). The largest absolute Gasteiger partial charge is 0.389 e. The molecule has 1 aliphatic carbocycles. The zero-order valence-corrected chi connectivity index (χ0v) is 7.81. The van der Waals surface area contributed by atoms with Gasteiger partial charge in [0, 0.05) is 11.8 Å². The third-order valence-corrected chi connectivity index (χ3v) is 3.77. The van der Waals surface area contributed by atoms with Crippen molar-refractivity contribution in [1.82, 2.24) is 0 Å². The molecule has 0 bridgehead atoms. The summed E-state index contributed by atoms with van der Waals surface area (Å²) in [6.07, 6.45) is 1.30. The molecule has 0 aromatic rings. The van der Waals surface area contributed by atoms with E-state index in [1.165, 1.54) is 0 Å². The lowest BCUT2D eigenvalue weighted by Gasteiger charge is -2.63. The van der Waals surface area contributed by atoms with Crippen LogP contribution in [0.4, 0.5) is 0 Å². The molecule has 11 heavy (non-hydrogen) atoms. The molecule has 2 nitrogen and oxygen atoms in total. The summed E-state index contributed by atoms with van der Waals surface area (Å²) in [5.74, 6) is 0. The minimum Gasteiger partial charge on any atom is -0.389 e. The molecule has 0 amide bonds. The first-order valence-corrected chi connectivity index (χ1v) is 4.21. The van der Waals surface area contributed by atoms with Gasteiger partial charge in [-0.3, -0.25) is 0 Å². The summed E-state index contributed by atoms with van der Waals surface area (Å²) in [6, 6.07) is 0. The molecule has 1 aliphatic rings.